The van der Waals surface area contributed by atoms with Crippen LogP contribution < -0.4 is 0 Å². The summed E-state index contributed by atoms with van der Waals surface area (Å²) in [5.74, 6) is 0. The highest BCUT2D eigenvalue weighted by Crippen LogP contribution is 2.36. The first kappa shape index (κ1) is 15.4. The molecule has 5 heteroatoms. The molecule has 3 heterocycles. The van der Waals surface area contributed by atoms with E-state index in [1.807, 2.05) is 0 Å². The molecule has 0 aliphatic carbocycles. The number of rotatable bonds is 2. The second-order valence-electron chi connectivity index (χ2n) is 5.99. The lowest BCUT2D eigenvalue weighted by molar-refractivity contribution is 1.48. The van der Waals surface area contributed by atoms with Crippen LogP contribution in [-0.2, 0) is 0 Å². The summed E-state index contributed by atoms with van der Waals surface area (Å²) in [4.78, 5) is 9.50. The van der Waals surface area contributed by atoms with Crippen molar-refractivity contribution in [1.82, 2.24) is 9.97 Å². The maximum atomic E-state index is 3.54. The molecule has 0 aliphatic rings. The minimum Gasteiger partial charge on any atom is -0.354 e. The maximum Gasteiger partial charge on any atom is 0.0566 e. The zero-order valence-electron chi connectivity index (χ0n) is 12.9. The van der Waals surface area contributed by atoms with Crippen LogP contribution >= 0.6 is 43.2 Å². The smallest absolute Gasteiger partial charge is 0.0566 e. The van der Waals surface area contributed by atoms with Crippen molar-refractivity contribution in [3.8, 4) is 21.1 Å². The lowest BCUT2D eigenvalue weighted by Gasteiger charge is -1.92. The Labute approximate surface area is 165 Å². The quantitative estimate of drug-likeness (QED) is 0.266. The monoisotopic (exact) mass is 470 g/mol. The highest BCUT2D eigenvalue weighted by Gasteiger charge is 2.10. The van der Waals surface area contributed by atoms with Crippen LogP contribution in [0.5, 0.6) is 0 Å². The molecule has 0 aliphatic heterocycles. The largest absolute Gasteiger partial charge is 0.354 e. The Kier molecular flexibility index (Phi) is 3.62. The molecule has 2 N–H and O–H groups in total. The minimum atomic E-state index is 1.10. The fourth-order valence-corrected chi connectivity index (χ4v) is 4.81. The number of thiophene rings is 1. The van der Waals surface area contributed by atoms with E-state index in [2.05, 4.69) is 102 Å². The number of hydrogen-bond acceptors (Lipinski definition) is 1. The molecular formula is C20H12Br2N2S. The van der Waals surface area contributed by atoms with Gasteiger partial charge < -0.3 is 9.97 Å². The van der Waals surface area contributed by atoms with Gasteiger partial charge in [-0.15, -0.1) is 11.3 Å². The van der Waals surface area contributed by atoms with Gasteiger partial charge in [-0.1, -0.05) is 31.9 Å². The molecule has 0 spiro atoms. The normalized spacial score (nSPS) is 11.6. The van der Waals surface area contributed by atoms with Crippen LogP contribution in [-0.4, -0.2) is 9.97 Å². The van der Waals surface area contributed by atoms with Crippen molar-refractivity contribution in [3.05, 3.63) is 69.6 Å². The molecule has 0 fully saturated rings. The Balaban J connectivity index is 1.56. The second kappa shape index (κ2) is 5.87. The molecule has 5 aromatic rings. The van der Waals surface area contributed by atoms with Crippen LogP contribution in [0, 0.1) is 0 Å². The van der Waals surface area contributed by atoms with E-state index in [1.54, 1.807) is 11.3 Å². The molecule has 0 bridgehead atoms. The van der Waals surface area contributed by atoms with Crippen LogP contribution in [0.1, 0.15) is 0 Å². The number of nitrogens with one attached hydrogen (secondary N) is 2. The van der Waals surface area contributed by atoms with Gasteiger partial charge in [-0.05, 0) is 60.7 Å². The van der Waals surface area contributed by atoms with E-state index in [0.29, 0.717) is 0 Å². The third kappa shape index (κ3) is 2.76. The summed E-state index contributed by atoms with van der Waals surface area (Å²) in [6.45, 7) is 0. The van der Waals surface area contributed by atoms with Crippen LogP contribution in [0.2, 0.25) is 0 Å². The van der Waals surface area contributed by atoms with Gasteiger partial charge in [-0.3, -0.25) is 0 Å². The molecule has 5 rings (SSSR count). The van der Waals surface area contributed by atoms with Gasteiger partial charge in [-0.2, -0.15) is 0 Å². The van der Waals surface area contributed by atoms with Gasteiger partial charge in [0.05, 0.1) is 21.1 Å². The molecule has 0 unspecified atom stereocenters. The van der Waals surface area contributed by atoms with Crippen LogP contribution in [0.3, 0.4) is 0 Å². The van der Waals surface area contributed by atoms with Crippen molar-refractivity contribution >= 4 is 65.0 Å². The molecule has 122 valence electrons. The summed E-state index contributed by atoms with van der Waals surface area (Å²) in [7, 11) is 0. The number of halogens is 2. The average Bonchev–Trinajstić information content (AvgIpc) is 3.30. The van der Waals surface area contributed by atoms with Crippen molar-refractivity contribution in [2.24, 2.45) is 0 Å². The molecule has 3 aromatic heterocycles. The Morgan fingerprint density at radius 2 is 1.08 bits per heavy atom. The SMILES string of the molecule is Brc1ccc2[nH]c(-c3ccc(-c4cc5cc(Br)ccc5[nH]4)s3)cc2c1. The summed E-state index contributed by atoms with van der Waals surface area (Å²) in [6.07, 6.45) is 0. The molecule has 0 saturated carbocycles. The Morgan fingerprint density at radius 1 is 0.600 bits per heavy atom. The summed E-state index contributed by atoms with van der Waals surface area (Å²) in [5, 5.41) is 2.43. The first-order chi connectivity index (χ1) is 12.2. The number of fused-ring (bicyclic) bond motifs is 2. The van der Waals surface area contributed by atoms with Gasteiger partial charge in [0.15, 0.2) is 0 Å². The van der Waals surface area contributed by atoms with Crippen LogP contribution in [0.25, 0.3) is 42.9 Å². The van der Waals surface area contributed by atoms with Crippen molar-refractivity contribution in [1.29, 1.82) is 0 Å². The van der Waals surface area contributed by atoms with Crippen molar-refractivity contribution < 1.29 is 0 Å². The molecule has 2 aromatic carbocycles. The third-order valence-electron chi connectivity index (χ3n) is 4.30. The third-order valence-corrected chi connectivity index (χ3v) is 6.44. The van der Waals surface area contributed by atoms with E-state index in [1.165, 1.54) is 20.5 Å². The van der Waals surface area contributed by atoms with E-state index < -0.39 is 0 Å². The number of hydrogen-bond donors (Lipinski definition) is 2. The van der Waals surface area contributed by atoms with Gasteiger partial charge in [0.2, 0.25) is 0 Å². The number of aromatic nitrogens is 2. The van der Waals surface area contributed by atoms with E-state index in [0.717, 1.165) is 31.4 Å². The van der Waals surface area contributed by atoms with Gasteiger partial charge in [0.25, 0.3) is 0 Å². The Bertz CT molecular complexity index is 1130. The first-order valence-corrected chi connectivity index (χ1v) is 10.2. The van der Waals surface area contributed by atoms with Gasteiger partial charge in [0.1, 0.15) is 0 Å². The molecule has 2 nitrogen and oxygen atoms in total. The van der Waals surface area contributed by atoms with Crippen LogP contribution in [0.4, 0.5) is 0 Å². The van der Waals surface area contributed by atoms with Crippen molar-refractivity contribution in [3.63, 3.8) is 0 Å². The highest BCUT2D eigenvalue weighted by atomic mass is 79.9. The molecular weight excluding hydrogens is 460 g/mol. The Hall–Kier alpha value is -1.82. The summed E-state index contributed by atoms with van der Waals surface area (Å²) in [6, 6.07) is 21.4. The lowest BCUT2D eigenvalue weighted by Crippen LogP contribution is -1.70. The van der Waals surface area contributed by atoms with Crippen molar-refractivity contribution in [2.75, 3.05) is 0 Å². The number of benzene rings is 2. The summed E-state index contributed by atoms with van der Waals surface area (Å²) >= 11 is 8.86. The molecule has 25 heavy (non-hydrogen) atoms. The van der Waals surface area contributed by atoms with Gasteiger partial charge in [0, 0.05) is 30.8 Å². The molecule has 0 radical (unpaired) electrons. The van der Waals surface area contributed by atoms with Gasteiger partial charge in [-0.25, -0.2) is 0 Å². The fraction of sp³-hybridized carbons (Fsp3) is 0. The molecule has 0 amide bonds. The second-order valence-corrected chi connectivity index (χ2v) is 8.91. The van der Waals surface area contributed by atoms with Crippen molar-refractivity contribution in [2.45, 2.75) is 0 Å². The first-order valence-electron chi connectivity index (χ1n) is 7.83. The zero-order chi connectivity index (χ0) is 17.0. The highest BCUT2D eigenvalue weighted by molar-refractivity contribution is 9.10. The van der Waals surface area contributed by atoms with E-state index in [4.69, 9.17) is 0 Å². The maximum absolute atomic E-state index is 3.54. The predicted octanol–water partition coefficient (Wildman–Crippen LogP) is 7.57. The summed E-state index contributed by atoms with van der Waals surface area (Å²) < 4.78 is 2.20. The molecule has 0 saturated heterocycles. The number of H-pyrrole nitrogens is 2. The average molecular weight is 472 g/mol. The topological polar surface area (TPSA) is 31.6 Å². The number of aromatic amines is 2. The Morgan fingerprint density at radius 3 is 1.56 bits per heavy atom. The van der Waals surface area contributed by atoms with E-state index in [-0.39, 0.29) is 0 Å². The zero-order valence-corrected chi connectivity index (χ0v) is 16.9. The summed E-state index contributed by atoms with van der Waals surface area (Å²) in [5.41, 5.74) is 4.62. The predicted molar refractivity (Wildman–Crippen MR) is 114 cm³/mol. The van der Waals surface area contributed by atoms with Gasteiger partial charge >= 0.3 is 0 Å². The lowest BCUT2D eigenvalue weighted by atomic mass is 10.2. The molecule has 0 atom stereocenters. The standard InChI is InChI=1S/C20H12Br2N2S/c21-13-1-3-15-11(7-13)9-17(23-15)19-5-6-20(25-19)18-10-12-8-14(22)2-4-16(12)24-18/h1-10,23-24H. The van der Waals surface area contributed by atoms with Crippen LogP contribution in [0.15, 0.2) is 69.6 Å². The fourth-order valence-electron chi connectivity index (χ4n) is 3.10. The minimum absolute atomic E-state index is 1.10. The van der Waals surface area contributed by atoms with E-state index >= 15 is 0 Å². The van der Waals surface area contributed by atoms with E-state index in [9.17, 15) is 0 Å².